The lowest BCUT2D eigenvalue weighted by Gasteiger charge is -2.22. The monoisotopic (exact) mass is 477 g/mol. The second-order valence-electron chi connectivity index (χ2n) is 9.43. The zero-order valence-corrected chi connectivity index (χ0v) is 23.2. The van der Waals surface area contributed by atoms with E-state index in [2.05, 4.69) is 25.7 Å². The third-order valence-electron chi connectivity index (χ3n) is 5.95. The lowest BCUT2D eigenvalue weighted by Crippen LogP contribution is -2.27. The van der Waals surface area contributed by atoms with Crippen LogP contribution in [-0.4, -0.2) is 43.3 Å². The minimum Gasteiger partial charge on any atom is -0.303 e. The molecule has 0 amide bonds. The van der Waals surface area contributed by atoms with Gasteiger partial charge in [-0.05, 0) is 45.3 Å². The third kappa shape index (κ3) is 32.1. The lowest BCUT2D eigenvalue weighted by molar-refractivity contribution is 0.254. The fraction of sp³-hybridized carbons (Fsp3) is 1.00. The summed E-state index contributed by atoms with van der Waals surface area (Å²) in [6, 6.07) is 0. The van der Waals surface area contributed by atoms with E-state index < -0.39 is 10.1 Å². The number of hydrogen-bond acceptors (Lipinski definition) is 3. The Morgan fingerprint density at radius 3 is 0.969 bits per heavy atom. The Kier molecular flexibility index (Phi) is 28.8. The summed E-state index contributed by atoms with van der Waals surface area (Å²) >= 11 is 0. The fourth-order valence-corrected chi connectivity index (χ4v) is 4.46. The third-order valence-corrected chi connectivity index (χ3v) is 6.87. The van der Waals surface area contributed by atoms with E-state index in [4.69, 9.17) is 4.55 Å². The van der Waals surface area contributed by atoms with Gasteiger partial charge >= 0.3 is 0 Å². The highest BCUT2D eigenvalue weighted by atomic mass is 32.2. The van der Waals surface area contributed by atoms with Crippen molar-refractivity contribution in [3.05, 3.63) is 0 Å². The second kappa shape index (κ2) is 27.1. The summed E-state index contributed by atoms with van der Waals surface area (Å²) in [4.78, 5) is 2.79. The second-order valence-corrected chi connectivity index (χ2v) is 11.0. The molecule has 0 aromatic rings. The predicted molar refractivity (Wildman–Crippen MR) is 143 cm³/mol. The first-order valence-electron chi connectivity index (χ1n) is 14.1. The topological polar surface area (TPSA) is 57.6 Å². The van der Waals surface area contributed by atoms with Crippen LogP contribution in [0, 0.1) is 0 Å². The molecule has 0 rings (SSSR count). The summed E-state index contributed by atoms with van der Waals surface area (Å²) in [6.45, 7) is 12.7. The Hall–Kier alpha value is -0.130. The first-order valence-corrected chi connectivity index (χ1v) is 15.7. The van der Waals surface area contributed by atoms with Gasteiger partial charge in [0.25, 0.3) is 10.1 Å². The average Bonchev–Trinajstić information content (AvgIpc) is 2.74. The summed E-state index contributed by atoms with van der Waals surface area (Å²) in [5, 5.41) is 0. The normalized spacial score (nSPS) is 11.6. The number of unbranched alkanes of at least 4 members (excludes halogenated alkanes) is 15. The molecule has 0 spiro atoms. The summed E-state index contributed by atoms with van der Waals surface area (Å²) < 4.78 is 27.6. The van der Waals surface area contributed by atoms with Gasteiger partial charge in [-0.25, -0.2) is 0 Å². The Morgan fingerprint density at radius 2 is 0.750 bits per heavy atom. The summed E-state index contributed by atoms with van der Waals surface area (Å²) in [5.41, 5.74) is 0. The summed E-state index contributed by atoms with van der Waals surface area (Å²) in [7, 11) is -3.67. The van der Waals surface area contributed by atoms with Gasteiger partial charge in [-0.2, -0.15) is 8.42 Å². The van der Waals surface area contributed by atoms with Gasteiger partial charge in [0.05, 0.1) is 5.75 Å². The molecule has 0 bridgehead atoms. The molecule has 0 radical (unpaired) electrons. The largest absolute Gasteiger partial charge is 0.303 e. The molecular formula is C27H59NO3S. The van der Waals surface area contributed by atoms with Crippen LogP contribution in [0.2, 0.25) is 0 Å². The molecule has 0 aliphatic carbocycles. The first-order chi connectivity index (χ1) is 15.4. The van der Waals surface area contributed by atoms with Crippen molar-refractivity contribution in [3.63, 3.8) is 0 Å². The van der Waals surface area contributed by atoms with Gasteiger partial charge in [0.2, 0.25) is 0 Å². The van der Waals surface area contributed by atoms with Gasteiger partial charge in [-0.1, -0.05) is 124 Å². The zero-order chi connectivity index (χ0) is 24.3. The van der Waals surface area contributed by atoms with Gasteiger partial charge in [0.15, 0.2) is 0 Å². The summed E-state index contributed by atoms with van der Waals surface area (Å²) in [6.07, 6.45) is 26.2. The molecule has 0 aliphatic heterocycles. The molecule has 0 aromatic carbocycles. The zero-order valence-electron chi connectivity index (χ0n) is 22.4. The van der Waals surface area contributed by atoms with Gasteiger partial charge in [-0.15, -0.1) is 0 Å². The van der Waals surface area contributed by atoms with Crippen molar-refractivity contribution < 1.29 is 13.0 Å². The van der Waals surface area contributed by atoms with E-state index in [0.29, 0.717) is 6.42 Å². The van der Waals surface area contributed by atoms with E-state index in [-0.39, 0.29) is 5.75 Å². The average molecular weight is 478 g/mol. The van der Waals surface area contributed by atoms with Gasteiger partial charge in [-0.3, -0.25) is 4.55 Å². The maximum atomic E-state index is 9.79. The van der Waals surface area contributed by atoms with Crippen molar-refractivity contribution in [1.82, 2.24) is 4.90 Å². The van der Waals surface area contributed by atoms with Crippen LogP contribution in [0.5, 0.6) is 0 Å². The van der Waals surface area contributed by atoms with E-state index in [1.165, 1.54) is 135 Å². The Balaban J connectivity index is 0. The standard InChI is InChI=1S/C24H51N.C3H8O3S/c1-4-7-10-13-16-19-22-25(23-20-17-14-11-8-5-2)24-21-18-15-12-9-6-3;1-2-3-7(4,5)6/h4-24H2,1-3H3;2-3H2,1H3,(H,4,5,6). The first kappa shape index (κ1) is 34.0. The Bertz CT molecular complexity index is 402. The van der Waals surface area contributed by atoms with Crippen LogP contribution in [0.25, 0.3) is 0 Å². The minimum absolute atomic E-state index is 0.132. The smallest absolute Gasteiger partial charge is 0.264 e. The van der Waals surface area contributed by atoms with Crippen LogP contribution in [0.1, 0.15) is 150 Å². The molecule has 5 heteroatoms. The maximum absolute atomic E-state index is 9.79. The molecule has 0 heterocycles. The molecule has 0 unspecified atom stereocenters. The molecule has 196 valence electrons. The molecule has 0 atom stereocenters. The van der Waals surface area contributed by atoms with E-state index in [0.717, 1.165) is 0 Å². The van der Waals surface area contributed by atoms with Crippen molar-refractivity contribution in [2.75, 3.05) is 25.4 Å². The number of hydrogen-bond donors (Lipinski definition) is 1. The molecule has 1 N–H and O–H groups in total. The maximum Gasteiger partial charge on any atom is 0.264 e. The molecule has 4 nitrogen and oxygen atoms in total. The highest BCUT2D eigenvalue weighted by Gasteiger charge is 2.05. The van der Waals surface area contributed by atoms with Crippen LogP contribution in [0.4, 0.5) is 0 Å². The SMILES string of the molecule is CCCCCCCCN(CCCCCCCC)CCCCCCCC.CCCS(=O)(=O)O. The van der Waals surface area contributed by atoms with E-state index >= 15 is 0 Å². The molecular weight excluding hydrogens is 418 g/mol. The van der Waals surface area contributed by atoms with Crippen molar-refractivity contribution in [3.8, 4) is 0 Å². The Labute approximate surface area is 203 Å². The minimum atomic E-state index is -3.67. The van der Waals surface area contributed by atoms with Gasteiger partial charge in [0, 0.05) is 0 Å². The van der Waals surface area contributed by atoms with Crippen molar-refractivity contribution >= 4 is 10.1 Å². The molecule has 0 saturated heterocycles. The molecule has 0 aliphatic rings. The van der Waals surface area contributed by atoms with E-state index in [9.17, 15) is 8.42 Å². The van der Waals surface area contributed by atoms with Gasteiger partial charge < -0.3 is 4.90 Å². The van der Waals surface area contributed by atoms with Crippen LogP contribution < -0.4 is 0 Å². The fourth-order valence-electron chi connectivity index (χ4n) is 3.94. The lowest BCUT2D eigenvalue weighted by atomic mass is 10.1. The van der Waals surface area contributed by atoms with Crippen LogP contribution in [0.3, 0.4) is 0 Å². The molecule has 0 saturated carbocycles. The molecule has 32 heavy (non-hydrogen) atoms. The summed E-state index contributed by atoms with van der Waals surface area (Å²) in [5.74, 6) is -0.132. The van der Waals surface area contributed by atoms with E-state index in [1.807, 2.05) is 0 Å². The van der Waals surface area contributed by atoms with E-state index in [1.54, 1.807) is 6.92 Å². The van der Waals surface area contributed by atoms with Crippen molar-refractivity contribution in [1.29, 1.82) is 0 Å². The number of rotatable bonds is 23. The molecule has 0 aromatic heterocycles. The highest BCUT2D eigenvalue weighted by Crippen LogP contribution is 2.11. The van der Waals surface area contributed by atoms with Gasteiger partial charge in [0.1, 0.15) is 0 Å². The van der Waals surface area contributed by atoms with Crippen LogP contribution in [0.15, 0.2) is 0 Å². The predicted octanol–water partition coefficient (Wildman–Crippen LogP) is 8.65. The molecule has 0 fully saturated rings. The number of nitrogens with zero attached hydrogens (tertiary/aromatic N) is 1. The van der Waals surface area contributed by atoms with Crippen molar-refractivity contribution in [2.24, 2.45) is 0 Å². The highest BCUT2D eigenvalue weighted by molar-refractivity contribution is 7.85. The Morgan fingerprint density at radius 1 is 0.469 bits per heavy atom. The van der Waals surface area contributed by atoms with Crippen LogP contribution >= 0.6 is 0 Å². The van der Waals surface area contributed by atoms with Crippen LogP contribution in [-0.2, 0) is 10.1 Å². The quantitative estimate of drug-likeness (QED) is 0.118. The van der Waals surface area contributed by atoms with Crippen molar-refractivity contribution in [2.45, 2.75) is 150 Å².